The summed E-state index contributed by atoms with van der Waals surface area (Å²) < 4.78 is 19.0. The smallest absolute Gasteiger partial charge is 0.319 e. The largest absolute Gasteiger partial charge is 0.489 e. The number of benzene rings is 1. The zero-order valence-corrected chi connectivity index (χ0v) is 19.6. The molecule has 3 amide bonds. The number of likely N-dealkylation sites (N-methyl/N-ethyl adjacent to an activating group) is 1. The number of hydrogen-bond acceptors (Lipinski definition) is 6. The van der Waals surface area contributed by atoms with Gasteiger partial charge in [0, 0.05) is 37.1 Å². The molecule has 3 rings (SSSR count). The molecule has 1 aliphatic heterocycles. The normalized spacial score (nSPS) is 15.7. The van der Waals surface area contributed by atoms with Crippen LogP contribution in [0.2, 0.25) is 0 Å². The Hall–Kier alpha value is -4.23. The number of nitrogens with one attached hydrogen (secondary N) is 3. The fraction of sp³-hybridized carbons (Fsp3) is 0.280. The fourth-order valence-electron chi connectivity index (χ4n) is 3.16. The number of anilines is 1. The highest BCUT2D eigenvalue weighted by atomic mass is 19.1. The number of hydrogen-bond donors (Lipinski definition) is 4. The third-order valence-corrected chi connectivity index (χ3v) is 4.90. The molecule has 10 heteroatoms. The first-order chi connectivity index (χ1) is 16.6. The van der Waals surface area contributed by atoms with Gasteiger partial charge in [-0.15, -0.1) is 0 Å². The monoisotopic (exact) mass is 479 g/mol. The molecule has 1 aliphatic rings. The Morgan fingerprint density at radius 1 is 1.40 bits per heavy atom. The molecule has 1 aromatic heterocycles. The van der Waals surface area contributed by atoms with E-state index >= 15 is 0 Å². The first-order valence-corrected chi connectivity index (χ1v) is 10.7. The number of allylic oxidation sites excluding steroid dienone is 1. The van der Waals surface area contributed by atoms with Crippen molar-refractivity contribution in [3.63, 3.8) is 0 Å². The van der Waals surface area contributed by atoms with Gasteiger partial charge >= 0.3 is 6.03 Å². The molecule has 35 heavy (non-hydrogen) atoms. The number of carbonyl (C=O) groups excluding carboxylic acids is 2. The fourth-order valence-corrected chi connectivity index (χ4v) is 3.16. The zero-order valence-electron chi connectivity index (χ0n) is 19.6. The van der Waals surface area contributed by atoms with E-state index in [1.807, 2.05) is 0 Å². The first-order valence-electron chi connectivity index (χ1n) is 10.7. The van der Waals surface area contributed by atoms with E-state index in [1.54, 1.807) is 45.2 Å². The van der Waals surface area contributed by atoms with E-state index in [9.17, 15) is 19.1 Å². The summed E-state index contributed by atoms with van der Waals surface area (Å²) in [4.78, 5) is 30.5. The minimum atomic E-state index is -1.16. The summed E-state index contributed by atoms with van der Waals surface area (Å²) in [5.41, 5.74) is 0.699. The van der Waals surface area contributed by atoms with Gasteiger partial charge in [-0.05, 0) is 49.8 Å². The van der Waals surface area contributed by atoms with E-state index in [-0.39, 0.29) is 13.0 Å². The maximum atomic E-state index is 13.3. The lowest BCUT2D eigenvalue weighted by atomic mass is 10.1. The van der Waals surface area contributed by atoms with Crippen molar-refractivity contribution in [1.82, 2.24) is 15.6 Å². The van der Waals surface area contributed by atoms with Crippen molar-refractivity contribution in [2.75, 3.05) is 18.6 Å². The molecular weight excluding hydrogens is 453 g/mol. The van der Waals surface area contributed by atoms with Gasteiger partial charge in [-0.25, -0.2) is 9.78 Å². The molecule has 0 spiro atoms. The number of pyridine rings is 1. The number of carbonyl (C=O) groups is 2. The standard InChI is InChI=1S/C25H26FN5O4/c1-25(2,34)10-9-16-7-8-21-20(12-16)31(3)23(32)19(15-35-21)30-24(33)28-14-17(13-27)11-18-5-4-6-22(26)29-18/h4-8,12-14,19,27,34H,11,15H2,1-3H3,(H2,28,30,33)/b17-14-,27-13?/t19-/m1/s1. The van der Waals surface area contributed by atoms with Gasteiger partial charge in [0.15, 0.2) is 0 Å². The number of halogens is 1. The Morgan fingerprint density at radius 3 is 2.86 bits per heavy atom. The summed E-state index contributed by atoms with van der Waals surface area (Å²) in [7, 11) is 1.56. The average molecular weight is 480 g/mol. The van der Waals surface area contributed by atoms with E-state index < -0.39 is 29.5 Å². The molecule has 2 aromatic rings. The van der Waals surface area contributed by atoms with Crippen LogP contribution >= 0.6 is 0 Å². The third-order valence-electron chi connectivity index (χ3n) is 4.90. The molecule has 0 saturated heterocycles. The lowest BCUT2D eigenvalue weighted by molar-refractivity contribution is -0.120. The van der Waals surface area contributed by atoms with Crippen LogP contribution in [0.25, 0.3) is 0 Å². The van der Waals surface area contributed by atoms with Crippen LogP contribution in [0.1, 0.15) is 25.1 Å². The van der Waals surface area contributed by atoms with Gasteiger partial charge in [0.05, 0.1) is 5.69 Å². The second-order valence-corrected chi connectivity index (χ2v) is 8.36. The van der Waals surface area contributed by atoms with Gasteiger partial charge in [-0.3, -0.25) is 4.79 Å². The van der Waals surface area contributed by atoms with Gasteiger partial charge in [-0.1, -0.05) is 17.9 Å². The number of aliphatic hydroxyl groups is 1. The second-order valence-electron chi connectivity index (χ2n) is 8.36. The number of nitrogens with zero attached hydrogens (tertiary/aromatic N) is 2. The van der Waals surface area contributed by atoms with Crippen molar-refractivity contribution < 1.29 is 23.8 Å². The molecule has 0 radical (unpaired) electrons. The lowest BCUT2D eigenvalue weighted by Gasteiger charge is -2.20. The van der Waals surface area contributed by atoms with Crippen molar-refractivity contribution in [2.24, 2.45) is 0 Å². The summed E-state index contributed by atoms with van der Waals surface area (Å²) in [6, 6.07) is 7.76. The van der Waals surface area contributed by atoms with Crippen LogP contribution in [-0.4, -0.2) is 53.5 Å². The van der Waals surface area contributed by atoms with Crippen LogP contribution < -0.4 is 20.3 Å². The Balaban J connectivity index is 1.66. The number of amides is 3. The molecule has 182 valence electrons. The summed E-state index contributed by atoms with van der Waals surface area (Å²) in [5, 5.41) is 22.4. The molecule has 1 atom stereocenters. The first kappa shape index (κ1) is 25.4. The zero-order chi connectivity index (χ0) is 25.6. The highest BCUT2D eigenvalue weighted by molar-refractivity contribution is 6.00. The quantitative estimate of drug-likeness (QED) is 0.297. The van der Waals surface area contributed by atoms with Crippen LogP contribution in [0, 0.1) is 23.2 Å². The third kappa shape index (κ3) is 7.12. The van der Waals surface area contributed by atoms with Gasteiger partial charge < -0.3 is 30.8 Å². The molecule has 0 aliphatic carbocycles. The molecule has 0 fully saturated rings. The molecule has 0 unspecified atom stereocenters. The van der Waals surface area contributed by atoms with Gasteiger partial charge in [-0.2, -0.15) is 4.39 Å². The molecule has 9 nitrogen and oxygen atoms in total. The Kier molecular flexibility index (Phi) is 7.83. The van der Waals surface area contributed by atoms with E-state index in [1.165, 1.54) is 23.2 Å². The predicted octanol–water partition coefficient (Wildman–Crippen LogP) is 2.14. The van der Waals surface area contributed by atoms with Crippen molar-refractivity contribution in [3.05, 3.63) is 65.4 Å². The molecule has 0 bridgehead atoms. The minimum Gasteiger partial charge on any atom is -0.489 e. The van der Waals surface area contributed by atoms with Crippen molar-refractivity contribution in [3.8, 4) is 17.6 Å². The summed E-state index contributed by atoms with van der Waals surface area (Å²) in [5.74, 6) is 5.01. The van der Waals surface area contributed by atoms with Crippen LogP contribution in [-0.2, 0) is 11.2 Å². The topological polar surface area (TPSA) is 128 Å². The van der Waals surface area contributed by atoms with E-state index in [0.717, 1.165) is 6.21 Å². The van der Waals surface area contributed by atoms with Crippen LogP contribution in [0.3, 0.4) is 0 Å². The lowest BCUT2D eigenvalue weighted by Crippen LogP contribution is -2.51. The number of fused-ring (bicyclic) bond motifs is 1. The molecule has 0 saturated carbocycles. The highest BCUT2D eigenvalue weighted by Gasteiger charge is 2.30. The van der Waals surface area contributed by atoms with Crippen LogP contribution in [0.4, 0.5) is 14.9 Å². The van der Waals surface area contributed by atoms with Crippen LogP contribution in [0.5, 0.6) is 5.75 Å². The SMILES string of the molecule is CN1C(=O)[C@H](NC(=O)N/C=C(\C=N)Cc2cccc(F)n2)COc2ccc(C#CC(C)(C)O)cc21. The summed E-state index contributed by atoms with van der Waals surface area (Å²) in [6.45, 7) is 3.05. The van der Waals surface area contributed by atoms with Gasteiger partial charge in [0.2, 0.25) is 5.95 Å². The number of aromatic nitrogens is 1. The molecule has 1 aromatic carbocycles. The highest BCUT2D eigenvalue weighted by Crippen LogP contribution is 2.31. The number of urea groups is 1. The maximum Gasteiger partial charge on any atom is 0.319 e. The van der Waals surface area contributed by atoms with Crippen molar-refractivity contribution >= 4 is 23.8 Å². The average Bonchev–Trinajstić information content (AvgIpc) is 2.92. The van der Waals surface area contributed by atoms with Crippen molar-refractivity contribution in [1.29, 1.82) is 5.41 Å². The van der Waals surface area contributed by atoms with Crippen molar-refractivity contribution in [2.45, 2.75) is 31.9 Å². The molecule has 4 N–H and O–H groups in total. The second kappa shape index (κ2) is 10.8. The molecule has 2 heterocycles. The maximum absolute atomic E-state index is 13.3. The summed E-state index contributed by atoms with van der Waals surface area (Å²) in [6.07, 6.45) is 2.46. The van der Waals surface area contributed by atoms with E-state index in [0.29, 0.717) is 28.3 Å². The van der Waals surface area contributed by atoms with E-state index in [4.69, 9.17) is 10.1 Å². The Labute approximate surface area is 202 Å². The Morgan fingerprint density at radius 2 is 2.17 bits per heavy atom. The molecular formula is C25H26FN5O4. The van der Waals surface area contributed by atoms with E-state index in [2.05, 4.69) is 27.5 Å². The van der Waals surface area contributed by atoms with Gasteiger partial charge in [0.25, 0.3) is 5.91 Å². The minimum absolute atomic E-state index is 0.0906. The summed E-state index contributed by atoms with van der Waals surface area (Å²) >= 11 is 0. The number of ether oxygens (including phenoxy) is 1. The van der Waals surface area contributed by atoms with Crippen LogP contribution in [0.15, 0.2) is 48.2 Å². The Bertz CT molecular complexity index is 1230. The van der Waals surface area contributed by atoms with Gasteiger partial charge in [0.1, 0.15) is 24.0 Å². The number of rotatable bonds is 5. The predicted molar refractivity (Wildman–Crippen MR) is 129 cm³/mol.